The minimum Gasteiger partial charge on any atom is -0.419 e. The lowest BCUT2D eigenvalue weighted by Crippen LogP contribution is -2.52. The topological polar surface area (TPSA) is 95.5 Å². The molecule has 1 amide bonds. The van der Waals surface area contributed by atoms with Crippen LogP contribution in [0.25, 0.3) is 10.8 Å². The van der Waals surface area contributed by atoms with Crippen LogP contribution in [0.3, 0.4) is 0 Å². The summed E-state index contributed by atoms with van der Waals surface area (Å²) < 4.78 is 11.0. The third kappa shape index (κ3) is 5.21. The van der Waals surface area contributed by atoms with Gasteiger partial charge in [0.25, 0.3) is 5.89 Å². The van der Waals surface area contributed by atoms with Crippen LogP contribution in [0, 0.1) is 11.3 Å². The Morgan fingerprint density at radius 2 is 2.17 bits per heavy atom. The van der Waals surface area contributed by atoms with E-state index in [4.69, 9.17) is 9.15 Å². The van der Waals surface area contributed by atoms with Gasteiger partial charge in [0.1, 0.15) is 5.54 Å². The van der Waals surface area contributed by atoms with E-state index < -0.39 is 5.54 Å². The first kappa shape index (κ1) is 21.4. The second kappa shape index (κ2) is 9.96. The molecule has 1 saturated carbocycles. The van der Waals surface area contributed by atoms with Crippen LogP contribution in [0.1, 0.15) is 38.0 Å². The van der Waals surface area contributed by atoms with Crippen molar-refractivity contribution in [3.63, 3.8) is 0 Å². The molecule has 8 nitrogen and oxygen atoms in total. The van der Waals surface area contributed by atoms with E-state index in [1.165, 1.54) is 11.3 Å². The fourth-order valence-electron chi connectivity index (χ4n) is 3.64. The van der Waals surface area contributed by atoms with E-state index in [0.29, 0.717) is 31.5 Å². The van der Waals surface area contributed by atoms with Crippen LogP contribution in [0.4, 0.5) is 0 Å². The number of methoxy groups -OCH3 is 1. The van der Waals surface area contributed by atoms with Crippen LogP contribution < -0.4 is 0 Å². The maximum absolute atomic E-state index is 13.0. The Morgan fingerprint density at radius 3 is 2.83 bits per heavy atom. The van der Waals surface area contributed by atoms with Gasteiger partial charge >= 0.3 is 0 Å². The van der Waals surface area contributed by atoms with Crippen molar-refractivity contribution in [2.75, 3.05) is 33.9 Å². The van der Waals surface area contributed by atoms with Crippen molar-refractivity contribution in [3.8, 4) is 16.8 Å². The van der Waals surface area contributed by atoms with Gasteiger partial charge < -0.3 is 14.1 Å². The lowest BCUT2D eigenvalue weighted by molar-refractivity contribution is -0.136. The van der Waals surface area contributed by atoms with Crippen molar-refractivity contribution in [2.45, 2.75) is 44.2 Å². The van der Waals surface area contributed by atoms with Crippen molar-refractivity contribution in [1.82, 2.24) is 20.0 Å². The first-order valence-corrected chi connectivity index (χ1v) is 10.7. The number of ether oxygens (including phenoxy) is 1. The molecule has 0 atom stereocenters. The van der Waals surface area contributed by atoms with Gasteiger partial charge in [-0.2, -0.15) is 5.26 Å². The molecule has 2 heterocycles. The summed E-state index contributed by atoms with van der Waals surface area (Å²) in [5.41, 5.74) is -0.695. The minimum atomic E-state index is -0.695. The van der Waals surface area contributed by atoms with E-state index in [1.807, 2.05) is 22.4 Å². The number of likely N-dealkylation sites (N-methyl/N-ethyl adjacent to an activating group) is 1. The van der Waals surface area contributed by atoms with E-state index in [9.17, 15) is 10.1 Å². The maximum atomic E-state index is 13.0. The summed E-state index contributed by atoms with van der Waals surface area (Å²) in [7, 11) is 3.37. The summed E-state index contributed by atoms with van der Waals surface area (Å²) in [6.07, 6.45) is 4.54. The number of nitrogens with zero attached hydrogens (tertiary/aromatic N) is 5. The number of hydrogen-bond acceptors (Lipinski definition) is 8. The van der Waals surface area contributed by atoms with Gasteiger partial charge in [0.05, 0.1) is 30.6 Å². The highest BCUT2D eigenvalue weighted by Crippen LogP contribution is 2.32. The average Bonchev–Trinajstić information content (AvgIpc) is 3.43. The SMILES string of the molecule is COCCN(CC(=O)N(C)C1(C#N)CCCCC1)Cc1nnc(-c2cccs2)o1. The van der Waals surface area contributed by atoms with Gasteiger partial charge in [0.15, 0.2) is 0 Å². The Kier molecular flexibility index (Phi) is 7.36. The Balaban J connectivity index is 1.67. The quantitative estimate of drug-likeness (QED) is 0.619. The summed E-state index contributed by atoms with van der Waals surface area (Å²) in [5.74, 6) is 0.853. The summed E-state index contributed by atoms with van der Waals surface area (Å²) in [6.45, 7) is 1.54. The molecule has 3 rings (SSSR count). The van der Waals surface area contributed by atoms with E-state index in [0.717, 1.165) is 37.0 Å². The highest BCUT2D eigenvalue weighted by atomic mass is 32.1. The number of nitriles is 1. The molecule has 1 fully saturated rings. The van der Waals surface area contributed by atoms with Crippen molar-refractivity contribution in [3.05, 3.63) is 23.4 Å². The summed E-state index contributed by atoms with van der Waals surface area (Å²) in [6, 6.07) is 6.26. The molecule has 0 bridgehead atoms. The van der Waals surface area contributed by atoms with Gasteiger partial charge in [-0.3, -0.25) is 9.69 Å². The van der Waals surface area contributed by atoms with Crippen LogP contribution in [-0.2, 0) is 16.1 Å². The molecular formula is C20H27N5O3S. The second-order valence-corrected chi connectivity index (χ2v) is 8.29. The number of hydrogen-bond donors (Lipinski definition) is 0. The molecule has 0 N–H and O–H groups in total. The average molecular weight is 418 g/mol. The zero-order valence-electron chi connectivity index (χ0n) is 17.0. The largest absolute Gasteiger partial charge is 0.419 e. The summed E-state index contributed by atoms with van der Waals surface area (Å²) >= 11 is 1.53. The van der Waals surface area contributed by atoms with Crippen LogP contribution in [0.5, 0.6) is 0 Å². The molecule has 156 valence electrons. The first-order valence-electron chi connectivity index (χ1n) is 9.83. The standard InChI is InChI=1S/C20H27N5O3S/c1-24(20(15-21)8-4-3-5-9-20)18(26)14-25(10-11-27-2)13-17-22-23-19(28-17)16-7-6-12-29-16/h6-7,12H,3-5,8-11,13-14H2,1-2H3. The molecule has 2 aromatic rings. The van der Waals surface area contributed by atoms with Crippen LogP contribution >= 0.6 is 11.3 Å². The highest BCUT2D eigenvalue weighted by Gasteiger charge is 2.39. The van der Waals surface area contributed by atoms with E-state index >= 15 is 0 Å². The Bertz CT molecular complexity index is 824. The molecule has 1 aliphatic rings. The maximum Gasteiger partial charge on any atom is 0.257 e. The number of carbonyl (C=O) groups is 1. The van der Waals surface area contributed by atoms with E-state index in [-0.39, 0.29) is 12.5 Å². The van der Waals surface area contributed by atoms with Crippen molar-refractivity contribution >= 4 is 17.2 Å². The van der Waals surface area contributed by atoms with Crippen molar-refractivity contribution < 1.29 is 13.9 Å². The summed E-state index contributed by atoms with van der Waals surface area (Å²) in [5, 5.41) is 19.9. The lowest BCUT2D eigenvalue weighted by Gasteiger charge is -2.39. The monoisotopic (exact) mass is 417 g/mol. The van der Waals surface area contributed by atoms with E-state index in [2.05, 4.69) is 16.3 Å². The smallest absolute Gasteiger partial charge is 0.257 e. The lowest BCUT2D eigenvalue weighted by atomic mass is 9.81. The van der Waals surface area contributed by atoms with Crippen LogP contribution in [0.15, 0.2) is 21.9 Å². The Labute approximate surface area is 175 Å². The molecular weight excluding hydrogens is 390 g/mol. The van der Waals surface area contributed by atoms with Gasteiger partial charge in [0.2, 0.25) is 11.8 Å². The van der Waals surface area contributed by atoms with Gasteiger partial charge in [-0.05, 0) is 24.3 Å². The molecule has 9 heteroatoms. The number of aromatic nitrogens is 2. The molecule has 0 saturated heterocycles. The zero-order valence-corrected chi connectivity index (χ0v) is 17.8. The molecule has 0 aliphatic heterocycles. The molecule has 1 aliphatic carbocycles. The second-order valence-electron chi connectivity index (χ2n) is 7.34. The third-order valence-electron chi connectivity index (χ3n) is 5.43. The van der Waals surface area contributed by atoms with Gasteiger partial charge in [0, 0.05) is 20.7 Å². The predicted octanol–water partition coefficient (Wildman–Crippen LogP) is 2.93. The number of carbonyl (C=O) groups excluding carboxylic acids is 1. The van der Waals surface area contributed by atoms with Gasteiger partial charge in [-0.1, -0.05) is 25.3 Å². The zero-order chi connectivity index (χ0) is 20.7. The fraction of sp³-hybridized carbons (Fsp3) is 0.600. The van der Waals surface area contributed by atoms with Crippen LogP contribution in [-0.4, -0.2) is 65.3 Å². The Hall–Kier alpha value is -2.28. The molecule has 0 radical (unpaired) electrons. The molecule has 2 aromatic heterocycles. The predicted molar refractivity (Wildman–Crippen MR) is 109 cm³/mol. The van der Waals surface area contributed by atoms with Gasteiger partial charge in [-0.15, -0.1) is 21.5 Å². The molecule has 0 unspecified atom stereocenters. The summed E-state index contributed by atoms with van der Waals surface area (Å²) in [4.78, 5) is 17.5. The number of thiophene rings is 1. The van der Waals surface area contributed by atoms with Crippen molar-refractivity contribution in [2.24, 2.45) is 0 Å². The van der Waals surface area contributed by atoms with Crippen molar-refractivity contribution in [1.29, 1.82) is 5.26 Å². The molecule has 0 spiro atoms. The van der Waals surface area contributed by atoms with E-state index in [1.54, 1.807) is 19.1 Å². The normalized spacial score (nSPS) is 15.9. The number of rotatable bonds is 9. The fourth-order valence-corrected chi connectivity index (χ4v) is 4.28. The first-order chi connectivity index (χ1) is 14.1. The Morgan fingerprint density at radius 1 is 1.38 bits per heavy atom. The molecule has 29 heavy (non-hydrogen) atoms. The van der Waals surface area contributed by atoms with Gasteiger partial charge in [-0.25, -0.2) is 0 Å². The molecule has 0 aromatic carbocycles. The minimum absolute atomic E-state index is 0.0810. The number of amides is 1. The third-order valence-corrected chi connectivity index (χ3v) is 6.29. The highest BCUT2D eigenvalue weighted by molar-refractivity contribution is 7.13. The van der Waals surface area contributed by atoms with Crippen LogP contribution in [0.2, 0.25) is 0 Å².